The van der Waals surface area contributed by atoms with Gasteiger partial charge in [0.15, 0.2) is 0 Å². The lowest BCUT2D eigenvalue weighted by molar-refractivity contribution is 0.473. The van der Waals surface area contributed by atoms with E-state index in [2.05, 4.69) is 46.5 Å². The van der Waals surface area contributed by atoms with E-state index in [0.717, 1.165) is 28.3 Å². The van der Waals surface area contributed by atoms with Gasteiger partial charge in [0.2, 0.25) is 0 Å². The van der Waals surface area contributed by atoms with Crippen molar-refractivity contribution in [1.82, 2.24) is 0 Å². The first-order chi connectivity index (χ1) is 16.3. The fraction of sp³-hybridized carbons (Fsp3) is 0.562. The maximum atomic E-state index is 9.85. The average molecular weight is 472 g/mol. The third kappa shape index (κ3) is 18.2. The molecule has 2 rings (SSSR count). The Morgan fingerprint density at radius 1 is 0.824 bits per heavy atom. The average Bonchev–Trinajstić information content (AvgIpc) is 2.85. The maximum absolute atomic E-state index is 9.85. The van der Waals surface area contributed by atoms with Gasteiger partial charge in [0.1, 0.15) is 5.75 Å². The first-order valence-electron chi connectivity index (χ1n) is 13.6. The zero-order valence-electron chi connectivity index (χ0n) is 24.5. The number of benzene rings is 2. The van der Waals surface area contributed by atoms with Crippen LogP contribution in [0.3, 0.4) is 0 Å². The predicted molar refractivity (Wildman–Crippen MR) is 159 cm³/mol. The molecule has 196 valence electrons. The molecule has 2 aromatic carbocycles. The molecule has 2 aromatic rings. The standard InChI is InChI=1S/C16H17NO.C8H18.C4H10.2C2H6/c1-11-8-9-16(18)14(10-11)13(3)17-15-7-5-4-6-12(15)2;1-4-6-8(3)7-5-2;1-3-4-2;2*1-2/h4-10,17-18H,3H2,1-2H3;8H,4-7H2,1-3H3;3-4H2,1-2H3;2*1-2H3. The summed E-state index contributed by atoms with van der Waals surface area (Å²) < 4.78 is 0. The van der Waals surface area contributed by atoms with E-state index < -0.39 is 0 Å². The van der Waals surface area contributed by atoms with Gasteiger partial charge in [-0.1, -0.05) is 137 Å². The highest BCUT2D eigenvalue weighted by molar-refractivity contribution is 5.79. The Kier molecular flexibility index (Phi) is 27.2. The van der Waals surface area contributed by atoms with Gasteiger partial charge in [0.05, 0.1) is 0 Å². The van der Waals surface area contributed by atoms with Crippen molar-refractivity contribution in [3.05, 3.63) is 65.7 Å². The van der Waals surface area contributed by atoms with Crippen molar-refractivity contribution in [3.63, 3.8) is 0 Å². The van der Waals surface area contributed by atoms with Gasteiger partial charge >= 0.3 is 0 Å². The van der Waals surface area contributed by atoms with Crippen LogP contribution in [0.2, 0.25) is 0 Å². The number of aromatic hydroxyl groups is 1. The van der Waals surface area contributed by atoms with E-state index >= 15 is 0 Å². The van der Waals surface area contributed by atoms with Gasteiger partial charge in [-0.15, -0.1) is 0 Å². The molecule has 0 fully saturated rings. The van der Waals surface area contributed by atoms with Gasteiger partial charge in [-0.05, 0) is 43.5 Å². The van der Waals surface area contributed by atoms with Crippen LogP contribution < -0.4 is 5.32 Å². The van der Waals surface area contributed by atoms with Gasteiger partial charge in [-0.2, -0.15) is 0 Å². The van der Waals surface area contributed by atoms with Gasteiger partial charge in [0.25, 0.3) is 0 Å². The van der Waals surface area contributed by atoms with Gasteiger partial charge in [-0.3, -0.25) is 0 Å². The number of hydrogen-bond donors (Lipinski definition) is 2. The molecule has 2 nitrogen and oxygen atoms in total. The highest BCUT2D eigenvalue weighted by atomic mass is 16.3. The van der Waals surface area contributed by atoms with Crippen molar-refractivity contribution in [2.75, 3.05) is 5.32 Å². The summed E-state index contributed by atoms with van der Waals surface area (Å²) in [5, 5.41) is 13.1. The Morgan fingerprint density at radius 2 is 1.32 bits per heavy atom. The number of phenolic OH excluding ortho intramolecular Hbond substituents is 1. The summed E-state index contributed by atoms with van der Waals surface area (Å²) in [4.78, 5) is 0. The number of anilines is 1. The number of hydrogen-bond acceptors (Lipinski definition) is 2. The molecule has 0 aliphatic carbocycles. The van der Waals surface area contributed by atoms with E-state index in [1.807, 2.05) is 77.9 Å². The van der Waals surface area contributed by atoms with Crippen molar-refractivity contribution >= 4 is 11.4 Å². The lowest BCUT2D eigenvalue weighted by Gasteiger charge is -2.13. The second kappa shape index (κ2) is 25.4. The van der Waals surface area contributed by atoms with Gasteiger partial charge in [0, 0.05) is 16.9 Å². The second-order valence-corrected chi connectivity index (χ2v) is 8.12. The molecule has 0 aliphatic heterocycles. The van der Waals surface area contributed by atoms with E-state index in [-0.39, 0.29) is 5.75 Å². The lowest BCUT2D eigenvalue weighted by Crippen LogP contribution is -1.99. The van der Waals surface area contributed by atoms with Crippen LogP contribution in [-0.4, -0.2) is 5.11 Å². The zero-order valence-corrected chi connectivity index (χ0v) is 24.5. The first kappa shape index (κ1) is 36.4. The molecule has 0 saturated carbocycles. The Morgan fingerprint density at radius 3 is 1.76 bits per heavy atom. The Hall–Kier alpha value is -2.22. The summed E-state index contributed by atoms with van der Waals surface area (Å²) in [5.74, 6) is 1.21. The number of para-hydroxylation sites is 1. The first-order valence-corrected chi connectivity index (χ1v) is 13.6. The largest absolute Gasteiger partial charge is 0.507 e. The lowest BCUT2D eigenvalue weighted by atomic mass is 10.0. The van der Waals surface area contributed by atoms with E-state index in [1.54, 1.807) is 6.07 Å². The molecule has 0 bridgehead atoms. The number of rotatable bonds is 8. The van der Waals surface area contributed by atoms with Crippen LogP contribution in [0.5, 0.6) is 5.75 Å². The predicted octanol–water partition coefficient (Wildman–Crippen LogP) is 11.2. The van der Waals surface area contributed by atoms with Crippen molar-refractivity contribution in [2.45, 2.75) is 115 Å². The SMILES string of the molecule is C=C(Nc1ccccc1C)c1cc(C)ccc1O.CC.CC.CCCC.CCCC(C)CCC. The van der Waals surface area contributed by atoms with E-state index in [0.29, 0.717) is 5.70 Å². The van der Waals surface area contributed by atoms with Gasteiger partial charge < -0.3 is 10.4 Å². The Labute approximate surface area is 213 Å². The minimum Gasteiger partial charge on any atom is -0.507 e. The topological polar surface area (TPSA) is 32.3 Å². The molecule has 0 heterocycles. The minimum absolute atomic E-state index is 0.242. The van der Waals surface area contributed by atoms with Crippen molar-refractivity contribution in [2.24, 2.45) is 5.92 Å². The second-order valence-electron chi connectivity index (χ2n) is 8.12. The molecule has 34 heavy (non-hydrogen) atoms. The molecule has 0 spiro atoms. The summed E-state index contributed by atoms with van der Waals surface area (Å²) in [6.45, 7) is 27.2. The Bertz CT molecular complexity index is 713. The van der Waals surface area contributed by atoms with Crippen LogP contribution >= 0.6 is 0 Å². The van der Waals surface area contributed by atoms with E-state index in [1.165, 1.54) is 38.5 Å². The fourth-order valence-electron chi connectivity index (χ4n) is 2.96. The molecule has 0 atom stereocenters. The summed E-state index contributed by atoms with van der Waals surface area (Å²) in [7, 11) is 0. The molecular formula is C32H57NO. The van der Waals surface area contributed by atoms with Crippen molar-refractivity contribution in [1.29, 1.82) is 0 Å². The summed E-state index contributed by atoms with van der Waals surface area (Å²) in [6.07, 6.45) is 8.16. The molecule has 0 aromatic heterocycles. The summed E-state index contributed by atoms with van der Waals surface area (Å²) in [6, 6.07) is 13.5. The van der Waals surface area contributed by atoms with Crippen LogP contribution in [-0.2, 0) is 0 Å². The van der Waals surface area contributed by atoms with E-state index in [9.17, 15) is 5.11 Å². The highest BCUT2D eigenvalue weighted by Gasteiger charge is 2.06. The summed E-state index contributed by atoms with van der Waals surface area (Å²) in [5.41, 5.74) is 4.67. The molecule has 2 N–H and O–H groups in total. The van der Waals surface area contributed by atoms with Crippen LogP contribution in [0.15, 0.2) is 49.0 Å². The molecule has 0 radical (unpaired) electrons. The molecule has 0 unspecified atom stereocenters. The number of aryl methyl sites for hydroxylation is 2. The normalized spacial score (nSPS) is 9.06. The third-order valence-electron chi connectivity index (χ3n) is 4.97. The van der Waals surface area contributed by atoms with Crippen molar-refractivity contribution < 1.29 is 5.11 Å². The number of nitrogens with one attached hydrogen (secondary N) is 1. The smallest absolute Gasteiger partial charge is 0.124 e. The zero-order chi connectivity index (χ0) is 26.9. The van der Waals surface area contributed by atoms with Crippen LogP contribution in [0.1, 0.15) is 118 Å². The fourth-order valence-corrected chi connectivity index (χ4v) is 2.96. The summed E-state index contributed by atoms with van der Waals surface area (Å²) >= 11 is 0. The number of unbranched alkanes of at least 4 members (excludes halogenated alkanes) is 1. The maximum Gasteiger partial charge on any atom is 0.124 e. The van der Waals surface area contributed by atoms with Crippen LogP contribution in [0.25, 0.3) is 5.70 Å². The molecule has 2 heteroatoms. The van der Waals surface area contributed by atoms with Crippen LogP contribution in [0, 0.1) is 19.8 Å². The van der Waals surface area contributed by atoms with Crippen molar-refractivity contribution in [3.8, 4) is 5.75 Å². The minimum atomic E-state index is 0.242. The highest BCUT2D eigenvalue weighted by Crippen LogP contribution is 2.27. The Balaban J connectivity index is -0.000000502. The van der Waals surface area contributed by atoms with Gasteiger partial charge in [-0.25, -0.2) is 0 Å². The molecule has 0 aliphatic rings. The van der Waals surface area contributed by atoms with E-state index in [4.69, 9.17) is 0 Å². The molecular weight excluding hydrogens is 414 g/mol. The van der Waals surface area contributed by atoms with Crippen LogP contribution in [0.4, 0.5) is 5.69 Å². The number of phenols is 1. The quantitative estimate of drug-likeness (QED) is 0.401. The monoisotopic (exact) mass is 471 g/mol. The molecule has 0 amide bonds. The molecule has 0 saturated heterocycles. The third-order valence-corrected chi connectivity index (χ3v) is 4.97.